The van der Waals surface area contributed by atoms with Gasteiger partial charge in [-0.05, 0) is 45.4 Å². The van der Waals surface area contributed by atoms with Crippen molar-refractivity contribution in [2.24, 2.45) is 0 Å². The molecule has 0 bridgehead atoms. The first-order valence-corrected chi connectivity index (χ1v) is 7.44. The molecule has 1 amide bonds. The van der Waals surface area contributed by atoms with Crippen molar-refractivity contribution in [3.05, 3.63) is 23.8 Å². The van der Waals surface area contributed by atoms with Crippen molar-refractivity contribution in [3.63, 3.8) is 0 Å². The molecule has 0 aromatic heterocycles. The van der Waals surface area contributed by atoms with E-state index in [9.17, 15) is 4.79 Å². The molecule has 1 saturated heterocycles. The molecule has 0 saturated carbocycles. The Morgan fingerprint density at radius 1 is 1.38 bits per heavy atom. The zero-order valence-electron chi connectivity index (χ0n) is 13.2. The van der Waals surface area contributed by atoms with E-state index < -0.39 is 0 Å². The van der Waals surface area contributed by atoms with Crippen molar-refractivity contribution in [2.45, 2.75) is 45.9 Å². The third kappa shape index (κ3) is 3.74. The van der Waals surface area contributed by atoms with E-state index in [1.165, 1.54) is 0 Å². The largest absolute Gasteiger partial charge is 0.398 e. The molecule has 3 atom stereocenters. The van der Waals surface area contributed by atoms with Crippen molar-refractivity contribution in [1.82, 2.24) is 4.90 Å². The van der Waals surface area contributed by atoms with Crippen LogP contribution in [0.4, 0.5) is 11.4 Å². The summed E-state index contributed by atoms with van der Waals surface area (Å²) in [4.78, 5) is 14.6. The van der Waals surface area contributed by atoms with Gasteiger partial charge in [-0.2, -0.15) is 0 Å². The second kappa shape index (κ2) is 6.45. The number of nitrogens with two attached hydrogens (primary N) is 1. The summed E-state index contributed by atoms with van der Waals surface area (Å²) in [5.41, 5.74) is 8.25. The smallest absolute Gasteiger partial charge is 0.241 e. The number of ether oxygens (including phenoxy) is 1. The van der Waals surface area contributed by atoms with Crippen molar-refractivity contribution in [1.29, 1.82) is 0 Å². The van der Waals surface area contributed by atoms with Crippen LogP contribution >= 0.6 is 0 Å². The van der Waals surface area contributed by atoms with Crippen LogP contribution in [0.15, 0.2) is 18.2 Å². The molecule has 5 heteroatoms. The molecule has 1 aromatic rings. The minimum atomic E-state index is -0.195. The predicted octanol–water partition coefficient (Wildman–Crippen LogP) is 2.01. The second-order valence-corrected chi connectivity index (χ2v) is 5.90. The zero-order valence-corrected chi connectivity index (χ0v) is 13.2. The van der Waals surface area contributed by atoms with Gasteiger partial charge in [-0.15, -0.1) is 0 Å². The van der Waals surface area contributed by atoms with Crippen molar-refractivity contribution >= 4 is 17.3 Å². The lowest BCUT2D eigenvalue weighted by Crippen LogP contribution is -2.52. The lowest BCUT2D eigenvalue weighted by atomic mass is 10.1. The van der Waals surface area contributed by atoms with Gasteiger partial charge in [0.1, 0.15) is 0 Å². The first-order chi connectivity index (χ1) is 9.88. The Bertz CT molecular complexity index is 508. The van der Waals surface area contributed by atoms with Gasteiger partial charge in [0, 0.05) is 24.5 Å². The summed E-state index contributed by atoms with van der Waals surface area (Å²) in [7, 11) is 0. The molecule has 1 fully saturated rings. The molecule has 1 aliphatic rings. The molecule has 1 aliphatic heterocycles. The van der Waals surface area contributed by atoms with E-state index in [1.807, 2.05) is 45.9 Å². The minimum Gasteiger partial charge on any atom is -0.398 e. The number of morpholine rings is 1. The molecule has 116 valence electrons. The van der Waals surface area contributed by atoms with E-state index in [2.05, 4.69) is 10.2 Å². The summed E-state index contributed by atoms with van der Waals surface area (Å²) in [6.07, 6.45) is 0.302. The number of carbonyl (C=O) groups excluding carboxylic acids is 1. The molecule has 21 heavy (non-hydrogen) atoms. The molecule has 1 heterocycles. The lowest BCUT2D eigenvalue weighted by molar-refractivity contribution is -0.126. The summed E-state index contributed by atoms with van der Waals surface area (Å²) >= 11 is 0. The maximum Gasteiger partial charge on any atom is 0.241 e. The van der Waals surface area contributed by atoms with Crippen LogP contribution in [0.5, 0.6) is 0 Å². The molecular weight excluding hydrogens is 266 g/mol. The average molecular weight is 291 g/mol. The Balaban J connectivity index is 2.04. The number of carbonyl (C=O) groups is 1. The molecule has 3 N–H and O–H groups in total. The number of benzene rings is 1. The monoisotopic (exact) mass is 291 g/mol. The van der Waals surface area contributed by atoms with E-state index in [0.717, 1.165) is 24.3 Å². The van der Waals surface area contributed by atoms with Gasteiger partial charge < -0.3 is 15.8 Å². The van der Waals surface area contributed by atoms with Crippen LogP contribution in [0.2, 0.25) is 0 Å². The fraction of sp³-hybridized carbons (Fsp3) is 0.562. The maximum atomic E-state index is 12.5. The van der Waals surface area contributed by atoms with Crippen LogP contribution in [0.25, 0.3) is 0 Å². The third-order valence-corrected chi connectivity index (χ3v) is 4.01. The summed E-state index contributed by atoms with van der Waals surface area (Å²) in [5, 5.41) is 2.98. The quantitative estimate of drug-likeness (QED) is 0.836. The third-order valence-electron chi connectivity index (χ3n) is 4.01. The average Bonchev–Trinajstić information content (AvgIpc) is 2.42. The van der Waals surface area contributed by atoms with Gasteiger partial charge >= 0.3 is 0 Å². The van der Waals surface area contributed by atoms with E-state index in [-0.39, 0.29) is 24.2 Å². The number of nitrogens with zero attached hydrogens (tertiary/aromatic N) is 1. The molecule has 0 spiro atoms. The van der Waals surface area contributed by atoms with Crippen LogP contribution < -0.4 is 11.1 Å². The second-order valence-electron chi connectivity index (χ2n) is 5.90. The molecule has 5 nitrogen and oxygen atoms in total. The van der Waals surface area contributed by atoms with Crippen molar-refractivity contribution in [2.75, 3.05) is 24.1 Å². The SMILES string of the molecule is Cc1c(N)cccc1NC(=O)C(C)N1CC(C)OC(C)C1. The summed E-state index contributed by atoms with van der Waals surface area (Å²) in [5.74, 6) is -0.00926. The minimum absolute atomic E-state index is 0.00926. The van der Waals surface area contributed by atoms with Gasteiger partial charge in [-0.25, -0.2) is 0 Å². The van der Waals surface area contributed by atoms with Gasteiger partial charge in [-0.3, -0.25) is 9.69 Å². The Labute approximate surface area is 126 Å². The number of hydrogen-bond donors (Lipinski definition) is 2. The van der Waals surface area contributed by atoms with Crippen LogP contribution in [-0.4, -0.2) is 42.1 Å². The molecule has 3 unspecified atom stereocenters. The fourth-order valence-electron chi connectivity index (χ4n) is 2.73. The molecule has 2 rings (SSSR count). The van der Waals surface area contributed by atoms with Crippen molar-refractivity contribution in [3.8, 4) is 0 Å². The van der Waals surface area contributed by atoms with E-state index in [1.54, 1.807) is 0 Å². The highest BCUT2D eigenvalue weighted by molar-refractivity contribution is 5.95. The highest BCUT2D eigenvalue weighted by Crippen LogP contribution is 2.21. The molecule has 1 aromatic carbocycles. The fourth-order valence-corrected chi connectivity index (χ4v) is 2.73. The van der Waals surface area contributed by atoms with E-state index in [0.29, 0.717) is 5.69 Å². The summed E-state index contributed by atoms with van der Waals surface area (Å²) in [6.45, 7) is 9.46. The van der Waals surface area contributed by atoms with Crippen LogP contribution in [-0.2, 0) is 9.53 Å². The zero-order chi connectivity index (χ0) is 15.6. The van der Waals surface area contributed by atoms with Gasteiger partial charge in [0.15, 0.2) is 0 Å². The maximum absolute atomic E-state index is 12.5. The Morgan fingerprint density at radius 2 is 2.00 bits per heavy atom. The number of nitrogens with one attached hydrogen (secondary N) is 1. The summed E-state index contributed by atoms with van der Waals surface area (Å²) < 4.78 is 5.71. The van der Waals surface area contributed by atoms with Crippen LogP contribution in [0.3, 0.4) is 0 Å². The lowest BCUT2D eigenvalue weighted by Gasteiger charge is -2.38. The van der Waals surface area contributed by atoms with E-state index in [4.69, 9.17) is 10.5 Å². The van der Waals surface area contributed by atoms with Crippen LogP contribution in [0, 0.1) is 6.92 Å². The molecule has 0 aliphatic carbocycles. The summed E-state index contributed by atoms with van der Waals surface area (Å²) in [6, 6.07) is 5.36. The van der Waals surface area contributed by atoms with Gasteiger partial charge in [-0.1, -0.05) is 6.07 Å². The van der Waals surface area contributed by atoms with E-state index >= 15 is 0 Å². The van der Waals surface area contributed by atoms with Gasteiger partial charge in [0.25, 0.3) is 0 Å². The molecule has 0 radical (unpaired) electrons. The van der Waals surface area contributed by atoms with Crippen LogP contribution in [0.1, 0.15) is 26.3 Å². The topological polar surface area (TPSA) is 67.6 Å². The number of hydrogen-bond acceptors (Lipinski definition) is 4. The predicted molar refractivity (Wildman–Crippen MR) is 85.3 cm³/mol. The highest BCUT2D eigenvalue weighted by atomic mass is 16.5. The highest BCUT2D eigenvalue weighted by Gasteiger charge is 2.29. The van der Waals surface area contributed by atoms with Gasteiger partial charge in [0.05, 0.1) is 18.2 Å². The molecular formula is C16H25N3O2. The standard InChI is InChI=1S/C16H25N3O2/c1-10-8-19(9-11(2)21-10)13(4)16(20)18-15-7-5-6-14(17)12(15)3/h5-7,10-11,13H,8-9,17H2,1-4H3,(H,18,20). The normalized spacial score (nSPS) is 24.6. The Hall–Kier alpha value is -1.59. The number of anilines is 2. The number of nitrogen functional groups attached to an aromatic ring is 1. The van der Waals surface area contributed by atoms with Crippen molar-refractivity contribution < 1.29 is 9.53 Å². The number of rotatable bonds is 3. The number of amides is 1. The Morgan fingerprint density at radius 3 is 2.62 bits per heavy atom. The Kier molecular flexibility index (Phi) is 4.85. The first kappa shape index (κ1) is 15.8. The first-order valence-electron chi connectivity index (χ1n) is 7.44. The van der Waals surface area contributed by atoms with Gasteiger partial charge in [0.2, 0.25) is 5.91 Å².